The Hall–Kier alpha value is -3.13. The Morgan fingerprint density at radius 3 is 2.30 bits per heavy atom. The number of hydrogen-bond acceptors (Lipinski definition) is 6. The number of aryl methyl sites for hydroxylation is 2. The molecule has 0 radical (unpaired) electrons. The van der Waals surface area contributed by atoms with Gasteiger partial charge in [-0.1, -0.05) is 12.1 Å². The van der Waals surface area contributed by atoms with Crippen molar-refractivity contribution in [3.63, 3.8) is 0 Å². The van der Waals surface area contributed by atoms with Gasteiger partial charge in [0.1, 0.15) is 5.75 Å². The molecule has 27 heavy (non-hydrogen) atoms. The number of ether oxygens (including phenoxy) is 1. The topological polar surface area (TPSA) is 93.2 Å². The molecule has 3 rings (SSSR count). The van der Waals surface area contributed by atoms with Gasteiger partial charge in [0, 0.05) is 5.69 Å². The smallest absolute Gasteiger partial charge is 0.263 e. The van der Waals surface area contributed by atoms with Gasteiger partial charge in [0.15, 0.2) is 11.6 Å². The summed E-state index contributed by atoms with van der Waals surface area (Å²) in [5.74, 6) is 1.25. The second-order valence-corrected chi connectivity index (χ2v) is 7.69. The lowest BCUT2D eigenvalue weighted by atomic mass is 10.2. The summed E-state index contributed by atoms with van der Waals surface area (Å²) in [5, 5.41) is 11.1. The summed E-state index contributed by atoms with van der Waals surface area (Å²) < 4.78 is 32.7. The van der Waals surface area contributed by atoms with Crippen molar-refractivity contribution >= 4 is 27.3 Å². The first kappa shape index (κ1) is 18.7. The van der Waals surface area contributed by atoms with Crippen LogP contribution in [0, 0.1) is 13.8 Å². The minimum Gasteiger partial charge on any atom is -0.497 e. The van der Waals surface area contributed by atoms with Gasteiger partial charge in [0.05, 0.1) is 12.0 Å². The van der Waals surface area contributed by atoms with Crippen LogP contribution in [0.15, 0.2) is 59.5 Å². The van der Waals surface area contributed by atoms with Crippen molar-refractivity contribution in [2.24, 2.45) is 0 Å². The molecule has 0 fully saturated rings. The fraction of sp³-hybridized carbons (Fsp3) is 0.158. The highest BCUT2D eigenvalue weighted by molar-refractivity contribution is 7.92. The van der Waals surface area contributed by atoms with Crippen LogP contribution in [0.4, 0.5) is 17.3 Å². The fourth-order valence-corrected chi connectivity index (χ4v) is 3.79. The zero-order chi connectivity index (χ0) is 19.4. The number of hydrogen-bond donors (Lipinski definition) is 2. The molecule has 0 aliphatic heterocycles. The minimum absolute atomic E-state index is 0.139. The summed E-state index contributed by atoms with van der Waals surface area (Å²) in [5.41, 5.74) is 2.58. The van der Waals surface area contributed by atoms with Gasteiger partial charge in [-0.05, 0) is 67.4 Å². The first-order valence-electron chi connectivity index (χ1n) is 8.22. The van der Waals surface area contributed by atoms with Crippen LogP contribution in [0.1, 0.15) is 11.1 Å². The molecule has 3 aromatic rings. The summed E-state index contributed by atoms with van der Waals surface area (Å²) in [7, 11) is -2.24. The van der Waals surface area contributed by atoms with Crippen LogP contribution in [0.3, 0.4) is 0 Å². The van der Waals surface area contributed by atoms with Crippen LogP contribution in [0.5, 0.6) is 5.75 Å². The third-order valence-electron chi connectivity index (χ3n) is 3.87. The lowest BCUT2D eigenvalue weighted by Gasteiger charge is -2.11. The molecule has 0 unspecified atom stereocenters. The largest absolute Gasteiger partial charge is 0.497 e. The van der Waals surface area contributed by atoms with Gasteiger partial charge in [0.2, 0.25) is 0 Å². The second-order valence-electron chi connectivity index (χ2n) is 6.04. The van der Waals surface area contributed by atoms with Gasteiger partial charge in [-0.2, -0.15) is 0 Å². The monoisotopic (exact) mass is 384 g/mol. The molecule has 140 valence electrons. The van der Waals surface area contributed by atoms with E-state index in [0.29, 0.717) is 17.1 Å². The molecule has 0 saturated carbocycles. The Bertz CT molecular complexity index is 1050. The summed E-state index contributed by atoms with van der Waals surface area (Å²) in [6, 6.07) is 15.8. The van der Waals surface area contributed by atoms with Gasteiger partial charge in [-0.15, -0.1) is 10.2 Å². The third-order valence-corrected chi connectivity index (χ3v) is 5.38. The third kappa shape index (κ3) is 4.53. The van der Waals surface area contributed by atoms with E-state index in [1.54, 1.807) is 31.2 Å². The Kier molecular flexibility index (Phi) is 5.27. The number of anilines is 3. The molecule has 2 N–H and O–H groups in total. The number of rotatable bonds is 6. The van der Waals surface area contributed by atoms with Crippen LogP contribution in [0.2, 0.25) is 0 Å². The molecule has 0 atom stereocenters. The molecule has 0 aliphatic carbocycles. The maximum absolute atomic E-state index is 12.6. The van der Waals surface area contributed by atoms with Crippen LogP contribution >= 0.6 is 0 Å². The average molecular weight is 384 g/mol. The van der Waals surface area contributed by atoms with E-state index in [1.165, 1.54) is 13.2 Å². The summed E-state index contributed by atoms with van der Waals surface area (Å²) in [6.07, 6.45) is 0. The lowest BCUT2D eigenvalue weighted by Crippen LogP contribution is -2.15. The average Bonchev–Trinajstić information content (AvgIpc) is 2.63. The molecule has 2 aromatic carbocycles. The van der Waals surface area contributed by atoms with Gasteiger partial charge in [0.25, 0.3) is 10.0 Å². The van der Waals surface area contributed by atoms with E-state index in [0.717, 1.165) is 11.3 Å². The quantitative estimate of drug-likeness (QED) is 0.674. The number of nitrogens with zero attached hydrogens (tertiary/aromatic N) is 2. The zero-order valence-corrected chi connectivity index (χ0v) is 16.0. The first-order valence-corrected chi connectivity index (χ1v) is 9.70. The number of sulfonamides is 1. The van der Waals surface area contributed by atoms with Crippen LogP contribution in [0.25, 0.3) is 0 Å². The van der Waals surface area contributed by atoms with E-state index in [2.05, 4.69) is 20.2 Å². The van der Waals surface area contributed by atoms with E-state index in [-0.39, 0.29) is 10.7 Å². The molecule has 0 spiro atoms. The predicted octanol–water partition coefficient (Wildman–Crippen LogP) is 3.65. The summed E-state index contributed by atoms with van der Waals surface area (Å²) in [6.45, 7) is 3.70. The number of benzene rings is 2. The van der Waals surface area contributed by atoms with Crippen molar-refractivity contribution in [3.8, 4) is 5.75 Å². The number of methoxy groups -OCH3 is 1. The van der Waals surface area contributed by atoms with E-state index in [9.17, 15) is 8.42 Å². The zero-order valence-electron chi connectivity index (χ0n) is 15.2. The van der Waals surface area contributed by atoms with E-state index in [4.69, 9.17) is 4.74 Å². The van der Waals surface area contributed by atoms with Crippen molar-refractivity contribution in [2.75, 3.05) is 17.1 Å². The van der Waals surface area contributed by atoms with Crippen LogP contribution < -0.4 is 14.8 Å². The SMILES string of the molecule is COc1ccc(S(=O)(=O)Nc2ccc(Nc3cccc(C)c3)nn2)c(C)c1. The summed E-state index contributed by atoms with van der Waals surface area (Å²) >= 11 is 0. The minimum atomic E-state index is -3.77. The van der Waals surface area contributed by atoms with Gasteiger partial charge < -0.3 is 10.1 Å². The highest BCUT2D eigenvalue weighted by Gasteiger charge is 2.18. The van der Waals surface area contributed by atoms with Gasteiger partial charge in [-0.25, -0.2) is 8.42 Å². The van der Waals surface area contributed by atoms with Crippen molar-refractivity contribution in [1.29, 1.82) is 0 Å². The Morgan fingerprint density at radius 2 is 1.67 bits per heavy atom. The van der Waals surface area contributed by atoms with Crippen LogP contribution in [-0.4, -0.2) is 25.7 Å². The Labute approximate surface area is 158 Å². The van der Waals surface area contributed by atoms with Crippen molar-refractivity contribution in [1.82, 2.24) is 10.2 Å². The summed E-state index contributed by atoms with van der Waals surface area (Å²) in [4.78, 5) is 0.159. The van der Waals surface area contributed by atoms with E-state index < -0.39 is 10.0 Å². The molecular formula is C19H20N4O3S. The molecule has 0 aliphatic rings. The molecule has 7 nitrogen and oxygen atoms in total. The first-order chi connectivity index (χ1) is 12.9. The Morgan fingerprint density at radius 1 is 0.926 bits per heavy atom. The van der Waals surface area contributed by atoms with Crippen molar-refractivity contribution < 1.29 is 13.2 Å². The van der Waals surface area contributed by atoms with Crippen molar-refractivity contribution in [2.45, 2.75) is 18.7 Å². The molecule has 1 aromatic heterocycles. The highest BCUT2D eigenvalue weighted by Crippen LogP contribution is 2.23. The van der Waals surface area contributed by atoms with Crippen molar-refractivity contribution in [3.05, 3.63) is 65.7 Å². The van der Waals surface area contributed by atoms with Gasteiger partial charge >= 0.3 is 0 Å². The van der Waals surface area contributed by atoms with Gasteiger partial charge in [-0.3, -0.25) is 4.72 Å². The standard InChI is InChI=1S/C19H20N4O3S/c1-13-5-4-6-15(11-13)20-18-9-10-19(22-21-18)23-27(24,25)17-8-7-16(26-3)12-14(17)2/h4-12H,1-3H3,(H,20,21)(H,22,23). The molecular weight excluding hydrogens is 364 g/mol. The molecule has 0 amide bonds. The van der Waals surface area contributed by atoms with Crippen LogP contribution in [-0.2, 0) is 10.0 Å². The maximum atomic E-state index is 12.6. The van der Waals surface area contributed by atoms with E-state index in [1.807, 2.05) is 31.2 Å². The molecule has 8 heteroatoms. The predicted molar refractivity (Wildman–Crippen MR) is 105 cm³/mol. The maximum Gasteiger partial charge on any atom is 0.263 e. The highest BCUT2D eigenvalue weighted by atomic mass is 32.2. The molecule has 0 bridgehead atoms. The fourth-order valence-electron chi connectivity index (χ4n) is 2.57. The lowest BCUT2D eigenvalue weighted by molar-refractivity contribution is 0.414. The Balaban J connectivity index is 1.75. The number of nitrogens with one attached hydrogen (secondary N) is 2. The van der Waals surface area contributed by atoms with E-state index >= 15 is 0 Å². The molecule has 0 saturated heterocycles. The normalized spacial score (nSPS) is 11.1. The number of aromatic nitrogens is 2. The molecule has 1 heterocycles. The second kappa shape index (κ2) is 7.63.